The number of nitrogens with one attached hydrogen (secondary N) is 2. The van der Waals surface area contributed by atoms with Crippen molar-refractivity contribution in [3.63, 3.8) is 0 Å². The fourth-order valence-corrected chi connectivity index (χ4v) is 2.05. The molecule has 1 rings (SSSR count). The normalized spacial score (nSPS) is 10.9. The van der Waals surface area contributed by atoms with Gasteiger partial charge in [0.2, 0.25) is 5.91 Å². The summed E-state index contributed by atoms with van der Waals surface area (Å²) in [5.74, 6) is -1.60. The Morgan fingerprint density at radius 2 is 2.05 bits per heavy atom. The Balaban J connectivity index is 2.23. The molecule has 1 aromatic heterocycles. The average molecular weight is 298 g/mol. The van der Waals surface area contributed by atoms with Gasteiger partial charge in [-0.15, -0.1) is 0 Å². The van der Waals surface area contributed by atoms with Gasteiger partial charge < -0.3 is 15.7 Å². The second kappa shape index (κ2) is 7.04. The summed E-state index contributed by atoms with van der Waals surface area (Å²) in [6.07, 6.45) is 0.623. The van der Waals surface area contributed by atoms with E-state index in [4.69, 9.17) is 5.11 Å². The Kier molecular flexibility index (Phi) is 5.69. The molecule has 0 atom stereocenters. The topological polar surface area (TPSA) is 95.5 Å². The molecule has 7 heteroatoms. The van der Waals surface area contributed by atoms with E-state index in [9.17, 15) is 14.4 Å². The minimum atomic E-state index is -1.28. The molecule has 0 saturated heterocycles. The molecule has 2 amide bonds. The molecule has 0 spiro atoms. The van der Waals surface area contributed by atoms with Crippen molar-refractivity contribution in [2.75, 3.05) is 6.54 Å². The number of rotatable bonds is 7. The molecule has 0 saturated carbocycles. The summed E-state index contributed by atoms with van der Waals surface area (Å²) in [7, 11) is 0. The van der Waals surface area contributed by atoms with Gasteiger partial charge in [0.15, 0.2) is 0 Å². The highest BCUT2D eigenvalue weighted by Gasteiger charge is 2.28. The summed E-state index contributed by atoms with van der Waals surface area (Å²) in [6.45, 7) is 3.22. The smallest absolute Gasteiger partial charge is 0.328 e. The maximum atomic E-state index is 11.6. The van der Waals surface area contributed by atoms with E-state index in [0.29, 0.717) is 18.5 Å². The van der Waals surface area contributed by atoms with Crippen LogP contribution < -0.4 is 10.6 Å². The van der Waals surface area contributed by atoms with Crippen molar-refractivity contribution in [3.8, 4) is 0 Å². The van der Waals surface area contributed by atoms with E-state index in [2.05, 4.69) is 10.6 Å². The summed E-state index contributed by atoms with van der Waals surface area (Å²) >= 11 is 1.44. The second-order valence-corrected chi connectivity index (χ2v) is 5.63. The maximum Gasteiger partial charge on any atom is 0.328 e. The van der Waals surface area contributed by atoms with Gasteiger partial charge in [-0.2, -0.15) is 11.3 Å². The average Bonchev–Trinajstić information content (AvgIpc) is 2.87. The van der Waals surface area contributed by atoms with Crippen LogP contribution in [0.1, 0.15) is 37.0 Å². The Morgan fingerprint density at radius 1 is 1.35 bits per heavy atom. The molecule has 0 aromatic carbocycles. The summed E-state index contributed by atoms with van der Waals surface area (Å²) in [4.78, 5) is 34.0. The SMILES string of the molecule is CC(C)(NC(=O)CCCNC(=O)c1ccsc1)C(=O)O. The number of thiophene rings is 1. The summed E-state index contributed by atoms with van der Waals surface area (Å²) in [5.41, 5.74) is -0.678. The number of hydrogen-bond donors (Lipinski definition) is 3. The summed E-state index contributed by atoms with van der Waals surface area (Å²) in [5, 5.41) is 17.6. The van der Waals surface area contributed by atoms with E-state index >= 15 is 0 Å². The monoisotopic (exact) mass is 298 g/mol. The van der Waals surface area contributed by atoms with Gasteiger partial charge in [-0.3, -0.25) is 9.59 Å². The van der Waals surface area contributed by atoms with Crippen molar-refractivity contribution in [1.29, 1.82) is 0 Å². The minimum Gasteiger partial charge on any atom is -0.480 e. The molecule has 1 heterocycles. The van der Waals surface area contributed by atoms with Gasteiger partial charge in [-0.1, -0.05) is 0 Å². The standard InChI is InChI=1S/C13H18N2O4S/c1-13(2,12(18)19)15-10(16)4-3-6-14-11(17)9-5-7-20-8-9/h5,7-8H,3-4,6H2,1-2H3,(H,14,17)(H,15,16)(H,18,19). The number of amides is 2. The maximum absolute atomic E-state index is 11.6. The molecular weight excluding hydrogens is 280 g/mol. The van der Waals surface area contributed by atoms with Crippen molar-refractivity contribution in [2.45, 2.75) is 32.2 Å². The highest BCUT2D eigenvalue weighted by Crippen LogP contribution is 2.05. The molecule has 0 aliphatic heterocycles. The molecule has 0 unspecified atom stereocenters. The van der Waals surface area contributed by atoms with Gasteiger partial charge in [-0.25, -0.2) is 4.79 Å². The molecule has 0 aliphatic rings. The third kappa shape index (κ3) is 5.00. The number of aliphatic carboxylic acids is 1. The van der Waals surface area contributed by atoms with Gasteiger partial charge in [-0.05, 0) is 31.7 Å². The van der Waals surface area contributed by atoms with Crippen molar-refractivity contribution < 1.29 is 19.5 Å². The quantitative estimate of drug-likeness (QED) is 0.660. The van der Waals surface area contributed by atoms with Crippen LogP contribution in [0.5, 0.6) is 0 Å². The molecule has 1 aromatic rings. The van der Waals surface area contributed by atoms with E-state index in [-0.39, 0.29) is 18.2 Å². The Morgan fingerprint density at radius 3 is 2.60 bits per heavy atom. The van der Waals surface area contributed by atoms with Crippen molar-refractivity contribution >= 4 is 29.1 Å². The molecule has 110 valence electrons. The largest absolute Gasteiger partial charge is 0.480 e. The fraction of sp³-hybridized carbons (Fsp3) is 0.462. The van der Waals surface area contributed by atoms with Crippen LogP contribution in [-0.4, -0.2) is 35.0 Å². The van der Waals surface area contributed by atoms with Crippen LogP contribution in [0.15, 0.2) is 16.8 Å². The lowest BCUT2D eigenvalue weighted by molar-refractivity contribution is -0.146. The Bertz CT molecular complexity index is 483. The predicted molar refractivity (Wildman–Crippen MR) is 75.7 cm³/mol. The number of carboxylic acid groups (broad SMARTS) is 1. The van der Waals surface area contributed by atoms with E-state index in [1.165, 1.54) is 25.2 Å². The number of carbonyl (C=O) groups excluding carboxylic acids is 2. The predicted octanol–water partition coefficient (Wildman–Crippen LogP) is 1.24. The number of hydrogen-bond acceptors (Lipinski definition) is 4. The van der Waals surface area contributed by atoms with Gasteiger partial charge in [0.25, 0.3) is 5.91 Å². The zero-order chi connectivity index (χ0) is 15.2. The van der Waals surface area contributed by atoms with Crippen LogP contribution in [0.25, 0.3) is 0 Å². The third-order valence-electron chi connectivity index (χ3n) is 2.64. The van der Waals surface area contributed by atoms with Gasteiger partial charge >= 0.3 is 5.97 Å². The van der Waals surface area contributed by atoms with Crippen LogP contribution in [0.3, 0.4) is 0 Å². The first-order valence-electron chi connectivity index (χ1n) is 6.18. The lowest BCUT2D eigenvalue weighted by Crippen LogP contribution is -2.49. The first-order valence-corrected chi connectivity index (χ1v) is 7.12. The lowest BCUT2D eigenvalue weighted by atomic mass is 10.1. The van der Waals surface area contributed by atoms with E-state index in [1.807, 2.05) is 5.38 Å². The third-order valence-corrected chi connectivity index (χ3v) is 3.32. The summed E-state index contributed by atoms with van der Waals surface area (Å²) < 4.78 is 0. The van der Waals surface area contributed by atoms with Crippen LogP contribution in [0, 0.1) is 0 Å². The zero-order valence-electron chi connectivity index (χ0n) is 11.4. The molecule has 0 radical (unpaired) electrons. The molecule has 0 aliphatic carbocycles. The van der Waals surface area contributed by atoms with Crippen molar-refractivity contribution in [2.24, 2.45) is 0 Å². The minimum absolute atomic E-state index is 0.167. The zero-order valence-corrected chi connectivity index (χ0v) is 12.3. The van der Waals surface area contributed by atoms with Crippen molar-refractivity contribution in [3.05, 3.63) is 22.4 Å². The van der Waals surface area contributed by atoms with Crippen molar-refractivity contribution in [1.82, 2.24) is 10.6 Å². The van der Waals surface area contributed by atoms with Gasteiger partial charge in [0.1, 0.15) is 5.54 Å². The molecular formula is C13H18N2O4S. The number of carboxylic acids is 1. The first kappa shape index (κ1) is 16.2. The molecule has 20 heavy (non-hydrogen) atoms. The Hall–Kier alpha value is -1.89. The van der Waals surface area contributed by atoms with Crippen LogP contribution in [0.4, 0.5) is 0 Å². The molecule has 0 fully saturated rings. The lowest BCUT2D eigenvalue weighted by Gasteiger charge is -2.20. The first-order chi connectivity index (χ1) is 9.33. The highest BCUT2D eigenvalue weighted by atomic mass is 32.1. The van der Waals surface area contributed by atoms with E-state index < -0.39 is 11.5 Å². The molecule has 0 bridgehead atoms. The van der Waals surface area contributed by atoms with Crippen LogP contribution in [0.2, 0.25) is 0 Å². The van der Waals surface area contributed by atoms with Crippen LogP contribution >= 0.6 is 11.3 Å². The summed E-state index contributed by atoms with van der Waals surface area (Å²) in [6, 6.07) is 1.72. The second-order valence-electron chi connectivity index (χ2n) is 4.85. The van der Waals surface area contributed by atoms with Gasteiger partial charge in [0, 0.05) is 23.9 Å². The van der Waals surface area contributed by atoms with Gasteiger partial charge in [0.05, 0.1) is 0 Å². The number of carbonyl (C=O) groups is 3. The van der Waals surface area contributed by atoms with Crippen LogP contribution in [-0.2, 0) is 9.59 Å². The Labute approximate surface area is 121 Å². The molecule has 3 N–H and O–H groups in total. The van der Waals surface area contributed by atoms with E-state index in [1.54, 1.807) is 11.4 Å². The molecule has 6 nitrogen and oxygen atoms in total. The highest BCUT2D eigenvalue weighted by molar-refractivity contribution is 7.08. The van der Waals surface area contributed by atoms with E-state index in [0.717, 1.165) is 0 Å². The fourth-order valence-electron chi connectivity index (χ4n) is 1.41.